The number of aromatic nitrogens is 1. The Labute approximate surface area is 76.9 Å². The Morgan fingerprint density at radius 3 is 3.15 bits per heavy atom. The molecule has 4 nitrogen and oxygen atoms in total. The Hall–Kier alpha value is -1.45. The summed E-state index contributed by atoms with van der Waals surface area (Å²) in [6.07, 6.45) is 1.75. The van der Waals surface area contributed by atoms with Gasteiger partial charge in [0.05, 0.1) is 11.9 Å². The van der Waals surface area contributed by atoms with E-state index in [1.54, 1.807) is 6.20 Å². The highest BCUT2D eigenvalue weighted by atomic mass is 16.6. The highest BCUT2D eigenvalue weighted by molar-refractivity contribution is 5.50. The van der Waals surface area contributed by atoms with Crippen LogP contribution in [0.1, 0.15) is 6.92 Å². The Bertz CT molecular complexity index is 302. The number of hydrogen-bond acceptors (Lipinski definition) is 4. The average molecular weight is 180 g/mol. The van der Waals surface area contributed by atoms with Crippen LogP contribution in [0.3, 0.4) is 0 Å². The number of fused-ring (bicyclic) bond motifs is 1. The fourth-order valence-electron chi connectivity index (χ4n) is 1.23. The molecule has 0 aliphatic carbocycles. The predicted molar refractivity (Wildman–Crippen MR) is 49.4 cm³/mol. The third kappa shape index (κ3) is 1.66. The molecule has 0 spiro atoms. The van der Waals surface area contributed by atoms with Gasteiger partial charge in [-0.2, -0.15) is 0 Å². The number of nitrogens with one attached hydrogen (secondary N) is 1. The molecule has 2 rings (SSSR count). The van der Waals surface area contributed by atoms with Crippen LogP contribution in [-0.4, -0.2) is 24.7 Å². The van der Waals surface area contributed by atoms with E-state index in [9.17, 15) is 0 Å². The lowest BCUT2D eigenvalue weighted by Gasteiger charge is -2.17. The smallest absolute Gasteiger partial charge is 0.257 e. The van der Waals surface area contributed by atoms with Crippen molar-refractivity contribution < 1.29 is 9.47 Å². The van der Waals surface area contributed by atoms with E-state index in [0.717, 1.165) is 18.0 Å². The van der Waals surface area contributed by atoms with Gasteiger partial charge in [0.15, 0.2) is 5.75 Å². The van der Waals surface area contributed by atoms with Crippen LogP contribution in [0.25, 0.3) is 0 Å². The predicted octanol–water partition coefficient (Wildman–Crippen LogP) is 1.28. The zero-order chi connectivity index (χ0) is 9.10. The van der Waals surface area contributed by atoms with E-state index in [-0.39, 0.29) is 0 Å². The largest absolute Gasteiger partial charge is 0.484 e. The molecule has 0 aromatic carbocycles. The Balaban J connectivity index is 2.24. The molecule has 1 aliphatic rings. The van der Waals surface area contributed by atoms with E-state index in [1.165, 1.54) is 0 Å². The molecule has 0 fully saturated rings. The fraction of sp³-hybridized carbons (Fsp3) is 0.444. The molecule has 4 heteroatoms. The normalized spacial score (nSPS) is 13.9. The van der Waals surface area contributed by atoms with Crippen molar-refractivity contribution in [1.29, 1.82) is 0 Å². The van der Waals surface area contributed by atoms with Gasteiger partial charge in [-0.1, -0.05) is 0 Å². The first kappa shape index (κ1) is 8.16. The van der Waals surface area contributed by atoms with Gasteiger partial charge in [-0.05, 0) is 6.92 Å². The Kier molecular flexibility index (Phi) is 2.21. The summed E-state index contributed by atoms with van der Waals surface area (Å²) in [7, 11) is 0. The molecule has 2 heterocycles. The molecule has 1 N–H and O–H groups in total. The molecule has 0 saturated carbocycles. The summed E-state index contributed by atoms with van der Waals surface area (Å²) in [5.74, 6) is 1.32. The molecule has 13 heavy (non-hydrogen) atoms. The molecule has 0 amide bonds. The van der Waals surface area contributed by atoms with Gasteiger partial charge in [-0.25, -0.2) is 4.98 Å². The van der Waals surface area contributed by atoms with E-state index in [4.69, 9.17) is 9.47 Å². The number of hydrogen-bond donors (Lipinski definition) is 1. The summed E-state index contributed by atoms with van der Waals surface area (Å²) in [6.45, 7) is 4.10. The molecule has 0 radical (unpaired) electrons. The van der Waals surface area contributed by atoms with E-state index in [2.05, 4.69) is 10.3 Å². The van der Waals surface area contributed by atoms with E-state index in [1.807, 2.05) is 13.0 Å². The molecule has 70 valence electrons. The molecule has 0 unspecified atom stereocenters. The van der Waals surface area contributed by atoms with Gasteiger partial charge < -0.3 is 14.8 Å². The van der Waals surface area contributed by atoms with Crippen molar-refractivity contribution in [2.24, 2.45) is 0 Å². The average Bonchev–Trinajstić information content (AvgIpc) is 2.18. The van der Waals surface area contributed by atoms with Gasteiger partial charge in [0.2, 0.25) is 0 Å². The second kappa shape index (κ2) is 3.51. The van der Waals surface area contributed by atoms with Crippen LogP contribution in [0.15, 0.2) is 12.3 Å². The maximum atomic E-state index is 5.38. The summed E-state index contributed by atoms with van der Waals surface area (Å²) in [5.41, 5.74) is 0.965. The van der Waals surface area contributed by atoms with E-state index >= 15 is 0 Å². The number of ether oxygens (including phenoxy) is 2. The SMILES string of the molecule is CCNc1cnc2c(c1)OCCO2. The summed E-state index contributed by atoms with van der Waals surface area (Å²) in [6, 6.07) is 1.91. The summed E-state index contributed by atoms with van der Waals surface area (Å²) < 4.78 is 10.7. The van der Waals surface area contributed by atoms with Crippen molar-refractivity contribution in [2.75, 3.05) is 25.1 Å². The maximum absolute atomic E-state index is 5.38. The van der Waals surface area contributed by atoms with Crippen LogP contribution < -0.4 is 14.8 Å². The summed E-state index contributed by atoms with van der Waals surface area (Å²) in [4.78, 5) is 4.13. The first-order chi connectivity index (χ1) is 6.40. The lowest BCUT2D eigenvalue weighted by molar-refractivity contribution is 0.164. The molecular weight excluding hydrogens is 168 g/mol. The lowest BCUT2D eigenvalue weighted by Crippen LogP contribution is -2.16. The topological polar surface area (TPSA) is 43.4 Å². The van der Waals surface area contributed by atoms with Crippen molar-refractivity contribution in [3.05, 3.63) is 12.3 Å². The second-order valence-electron chi connectivity index (χ2n) is 2.75. The van der Waals surface area contributed by atoms with Crippen LogP contribution in [-0.2, 0) is 0 Å². The van der Waals surface area contributed by atoms with Crippen molar-refractivity contribution in [3.8, 4) is 11.6 Å². The second-order valence-corrected chi connectivity index (χ2v) is 2.75. The quantitative estimate of drug-likeness (QED) is 0.744. The Morgan fingerprint density at radius 2 is 2.31 bits per heavy atom. The molecule has 1 aliphatic heterocycles. The molecule has 0 atom stereocenters. The van der Waals surface area contributed by atoms with Crippen LogP contribution in [0, 0.1) is 0 Å². The van der Waals surface area contributed by atoms with Gasteiger partial charge in [0.25, 0.3) is 5.88 Å². The van der Waals surface area contributed by atoms with Crippen molar-refractivity contribution >= 4 is 5.69 Å². The number of nitrogens with zero attached hydrogens (tertiary/aromatic N) is 1. The maximum Gasteiger partial charge on any atom is 0.257 e. The van der Waals surface area contributed by atoms with Gasteiger partial charge in [0.1, 0.15) is 13.2 Å². The lowest BCUT2D eigenvalue weighted by atomic mass is 10.3. The van der Waals surface area contributed by atoms with Gasteiger partial charge in [-0.15, -0.1) is 0 Å². The van der Waals surface area contributed by atoms with Crippen molar-refractivity contribution in [3.63, 3.8) is 0 Å². The zero-order valence-electron chi connectivity index (χ0n) is 7.54. The first-order valence-corrected chi connectivity index (χ1v) is 4.39. The summed E-state index contributed by atoms with van der Waals surface area (Å²) in [5, 5.41) is 3.16. The van der Waals surface area contributed by atoms with Gasteiger partial charge in [0, 0.05) is 12.6 Å². The minimum atomic E-state index is 0.584. The minimum absolute atomic E-state index is 0.584. The van der Waals surface area contributed by atoms with Gasteiger partial charge in [-0.3, -0.25) is 0 Å². The first-order valence-electron chi connectivity index (χ1n) is 4.39. The molecule has 1 aromatic heterocycles. The van der Waals surface area contributed by atoms with Crippen molar-refractivity contribution in [2.45, 2.75) is 6.92 Å². The third-order valence-electron chi connectivity index (χ3n) is 1.78. The van der Waals surface area contributed by atoms with Crippen LogP contribution in [0.4, 0.5) is 5.69 Å². The van der Waals surface area contributed by atoms with Crippen molar-refractivity contribution in [1.82, 2.24) is 4.98 Å². The van der Waals surface area contributed by atoms with Crippen LogP contribution in [0.2, 0.25) is 0 Å². The standard InChI is InChI=1S/C9H12N2O2/c1-2-10-7-5-8-9(11-6-7)13-4-3-12-8/h5-6,10H,2-4H2,1H3. The van der Waals surface area contributed by atoms with E-state index in [0.29, 0.717) is 19.1 Å². The summed E-state index contributed by atoms with van der Waals surface area (Å²) >= 11 is 0. The fourth-order valence-corrected chi connectivity index (χ4v) is 1.23. The number of rotatable bonds is 2. The minimum Gasteiger partial charge on any atom is -0.484 e. The Morgan fingerprint density at radius 1 is 1.46 bits per heavy atom. The van der Waals surface area contributed by atoms with Gasteiger partial charge >= 0.3 is 0 Å². The highest BCUT2D eigenvalue weighted by Crippen LogP contribution is 2.29. The molecule has 0 bridgehead atoms. The number of pyridine rings is 1. The van der Waals surface area contributed by atoms with Crippen LogP contribution >= 0.6 is 0 Å². The number of anilines is 1. The van der Waals surface area contributed by atoms with E-state index < -0.39 is 0 Å². The molecule has 0 saturated heterocycles. The molecular formula is C9H12N2O2. The highest BCUT2D eigenvalue weighted by Gasteiger charge is 2.12. The third-order valence-corrected chi connectivity index (χ3v) is 1.78. The molecule has 1 aromatic rings. The monoisotopic (exact) mass is 180 g/mol. The van der Waals surface area contributed by atoms with Crippen LogP contribution in [0.5, 0.6) is 11.6 Å². The zero-order valence-corrected chi connectivity index (χ0v) is 7.54.